The van der Waals surface area contributed by atoms with Gasteiger partial charge in [-0.3, -0.25) is 4.90 Å². The summed E-state index contributed by atoms with van der Waals surface area (Å²) in [6, 6.07) is 13.9. The first-order valence-corrected chi connectivity index (χ1v) is 9.51. The third-order valence-corrected chi connectivity index (χ3v) is 5.04. The van der Waals surface area contributed by atoms with Crippen molar-refractivity contribution in [3.8, 4) is 11.5 Å². The highest BCUT2D eigenvalue weighted by molar-refractivity contribution is 5.89. The number of benzene rings is 2. The van der Waals surface area contributed by atoms with Gasteiger partial charge < -0.3 is 19.5 Å². The van der Waals surface area contributed by atoms with E-state index in [4.69, 9.17) is 14.2 Å². The number of rotatable bonds is 7. The molecule has 0 unspecified atom stereocenters. The Morgan fingerprint density at radius 2 is 1.82 bits per heavy atom. The number of carbonyl (C=O) groups is 1. The van der Waals surface area contributed by atoms with E-state index in [-0.39, 0.29) is 5.97 Å². The number of carbonyl (C=O) groups excluding carboxylic acids is 1. The fraction of sp³-hybridized carbons (Fsp3) is 0.409. The van der Waals surface area contributed by atoms with E-state index in [1.807, 2.05) is 42.5 Å². The first-order chi connectivity index (χ1) is 13.6. The van der Waals surface area contributed by atoms with Gasteiger partial charge in [-0.05, 0) is 49.2 Å². The third-order valence-electron chi connectivity index (χ3n) is 5.04. The predicted molar refractivity (Wildman–Crippen MR) is 109 cm³/mol. The largest absolute Gasteiger partial charge is 0.493 e. The average molecular weight is 384 g/mol. The number of nitrogens with zero attached hydrogens (tertiary/aromatic N) is 1. The molecule has 1 N–H and O–H groups in total. The zero-order valence-electron chi connectivity index (χ0n) is 16.7. The maximum atomic E-state index is 11.6. The number of esters is 1. The van der Waals surface area contributed by atoms with Crippen molar-refractivity contribution in [3.05, 3.63) is 53.6 Å². The Morgan fingerprint density at radius 1 is 1.07 bits per heavy atom. The third kappa shape index (κ3) is 4.95. The molecule has 1 aliphatic heterocycles. The maximum Gasteiger partial charge on any atom is 0.337 e. The summed E-state index contributed by atoms with van der Waals surface area (Å²) in [6.07, 6.45) is 2.28. The number of piperidine rings is 1. The van der Waals surface area contributed by atoms with E-state index in [1.54, 1.807) is 14.2 Å². The molecule has 28 heavy (non-hydrogen) atoms. The molecule has 1 fully saturated rings. The number of ether oxygens (including phenoxy) is 3. The van der Waals surface area contributed by atoms with Gasteiger partial charge in [0.2, 0.25) is 0 Å². The molecule has 1 aliphatic rings. The van der Waals surface area contributed by atoms with Gasteiger partial charge in [0.1, 0.15) is 0 Å². The zero-order valence-corrected chi connectivity index (χ0v) is 16.7. The summed E-state index contributed by atoms with van der Waals surface area (Å²) in [5.41, 5.74) is 2.81. The van der Waals surface area contributed by atoms with Gasteiger partial charge >= 0.3 is 5.97 Å². The van der Waals surface area contributed by atoms with Crippen LogP contribution in [0.1, 0.15) is 28.8 Å². The van der Waals surface area contributed by atoms with E-state index in [0.29, 0.717) is 11.6 Å². The molecule has 1 heterocycles. The number of nitrogens with one attached hydrogen (secondary N) is 1. The SMILES string of the molecule is COC(=O)c1ccc(CN2CCC[C@@H](Nc3ccc(OC)c(OC)c3)C2)cc1. The molecule has 2 aromatic carbocycles. The molecule has 0 saturated carbocycles. The van der Waals surface area contributed by atoms with Gasteiger partial charge in [-0.1, -0.05) is 12.1 Å². The fourth-order valence-corrected chi connectivity index (χ4v) is 3.60. The molecule has 0 radical (unpaired) electrons. The smallest absolute Gasteiger partial charge is 0.337 e. The van der Waals surface area contributed by atoms with Gasteiger partial charge in [-0.15, -0.1) is 0 Å². The number of hydrogen-bond donors (Lipinski definition) is 1. The van der Waals surface area contributed by atoms with Crippen LogP contribution < -0.4 is 14.8 Å². The number of methoxy groups -OCH3 is 3. The molecular weight excluding hydrogens is 356 g/mol. The summed E-state index contributed by atoms with van der Waals surface area (Å²) in [7, 11) is 4.69. The summed E-state index contributed by atoms with van der Waals surface area (Å²) < 4.78 is 15.5. The lowest BCUT2D eigenvalue weighted by molar-refractivity contribution is 0.0600. The summed E-state index contributed by atoms with van der Waals surface area (Å²) in [5, 5.41) is 3.62. The molecule has 6 heteroatoms. The van der Waals surface area contributed by atoms with Crippen LogP contribution in [-0.2, 0) is 11.3 Å². The predicted octanol–water partition coefficient (Wildman–Crippen LogP) is 3.57. The average Bonchev–Trinajstić information content (AvgIpc) is 2.74. The van der Waals surface area contributed by atoms with E-state index < -0.39 is 0 Å². The number of likely N-dealkylation sites (tertiary alicyclic amines) is 1. The normalized spacial score (nSPS) is 17.0. The van der Waals surface area contributed by atoms with Crippen LogP contribution in [0.25, 0.3) is 0 Å². The highest BCUT2D eigenvalue weighted by Gasteiger charge is 2.20. The molecule has 150 valence electrons. The summed E-state index contributed by atoms with van der Waals surface area (Å²) in [6.45, 7) is 2.90. The molecule has 0 bridgehead atoms. The second kappa shape index (κ2) is 9.46. The lowest BCUT2D eigenvalue weighted by Gasteiger charge is -2.33. The van der Waals surface area contributed by atoms with Crippen LogP contribution in [-0.4, -0.2) is 51.3 Å². The zero-order chi connectivity index (χ0) is 19.9. The van der Waals surface area contributed by atoms with Crippen LogP contribution >= 0.6 is 0 Å². The van der Waals surface area contributed by atoms with Gasteiger partial charge in [0, 0.05) is 30.9 Å². The lowest BCUT2D eigenvalue weighted by Crippen LogP contribution is -2.41. The van der Waals surface area contributed by atoms with Crippen LogP contribution in [0.4, 0.5) is 5.69 Å². The minimum absolute atomic E-state index is 0.302. The van der Waals surface area contributed by atoms with E-state index in [9.17, 15) is 4.79 Å². The molecule has 0 amide bonds. The van der Waals surface area contributed by atoms with E-state index in [1.165, 1.54) is 12.7 Å². The molecule has 3 rings (SSSR count). The Hall–Kier alpha value is -2.73. The standard InChI is InChI=1S/C22H28N2O4/c1-26-20-11-10-18(13-21(20)27-2)23-19-5-4-12-24(15-19)14-16-6-8-17(9-7-16)22(25)28-3/h6-11,13,19,23H,4-5,12,14-15H2,1-3H3/t19-/m1/s1. The minimum atomic E-state index is -0.302. The van der Waals surface area contributed by atoms with E-state index in [0.717, 1.165) is 49.7 Å². The van der Waals surface area contributed by atoms with Crippen LogP contribution in [0.2, 0.25) is 0 Å². The Labute approximate surface area is 166 Å². The number of hydrogen-bond acceptors (Lipinski definition) is 6. The van der Waals surface area contributed by atoms with Crippen LogP contribution in [0.3, 0.4) is 0 Å². The Balaban J connectivity index is 1.59. The molecule has 0 aromatic heterocycles. The van der Waals surface area contributed by atoms with Gasteiger partial charge in [0.25, 0.3) is 0 Å². The van der Waals surface area contributed by atoms with Gasteiger partial charge in [0.05, 0.1) is 26.9 Å². The highest BCUT2D eigenvalue weighted by Crippen LogP contribution is 2.30. The van der Waals surface area contributed by atoms with Crippen molar-refractivity contribution in [2.75, 3.05) is 39.7 Å². The molecule has 2 aromatic rings. The Bertz CT molecular complexity index is 792. The molecule has 1 saturated heterocycles. The lowest BCUT2D eigenvalue weighted by atomic mass is 10.0. The van der Waals surface area contributed by atoms with Gasteiger partial charge in [-0.2, -0.15) is 0 Å². The molecule has 0 spiro atoms. The van der Waals surface area contributed by atoms with Crippen LogP contribution in [0.5, 0.6) is 11.5 Å². The van der Waals surface area contributed by atoms with Gasteiger partial charge in [-0.25, -0.2) is 4.79 Å². The fourth-order valence-electron chi connectivity index (χ4n) is 3.60. The quantitative estimate of drug-likeness (QED) is 0.737. The topological polar surface area (TPSA) is 60.0 Å². The van der Waals surface area contributed by atoms with Gasteiger partial charge in [0.15, 0.2) is 11.5 Å². The van der Waals surface area contributed by atoms with Crippen molar-refractivity contribution < 1.29 is 19.0 Å². The minimum Gasteiger partial charge on any atom is -0.493 e. The van der Waals surface area contributed by atoms with E-state index in [2.05, 4.69) is 10.2 Å². The number of anilines is 1. The second-order valence-electron chi connectivity index (χ2n) is 6.98. The van der Waals surface area contributed by atoms with Crippen molar-refractivity contribution in [3.63, 3.8) is 0 Å². The van der Waals surface area contributed by atoms with Crippen molar-refractivity contribution in [2.45, 2.75) is 25.4 Å². The summed E-state index contributed by atoms with van der Waals surface area (Å²) >= 11 is 0. The van der Waals surface area contributed by atoms with Crippen LogP contribution in [0, 0.1) is 0 Å². The Morgan fingerprint density at radius 3 is 2.50 bits per heavy atom. The first-order valence-electron chi connectivity index (χ1n) is 9.51. The first kappa shape index (κ1) is 20.0. The molecule has 1 atom stereocenters. The summed E-state index contributed by atoms with van der Waals surface area (Å²) in [4.78, 5) is 14.0. The Kier molecular flexibility index (Phi) is 6.76. The van der Waals surface area contributed by atoms with Crippen molar-refractivity contribution in [1.29, 1.82) is 0 Å². The van der Waals surface area contributed by atoms with E-state index >= 15 is 0 Å². The second-order valence-corrected chi connectivity index (χ2v) is 6.98. The highest BCUT2D eigenvalue weighted by atomic mass is 16.5. The monoisotopic (exact) mass is 384 g/mol. The summed E-state index contributed by atoms with van der Waals surface area (Å²) in [5.74, 6) is 1.16. The molecule has 6 nitrogen and oxygen atoms in total. The van der Waals surface area contributed by atoms with Crippen LogP contribution in [0.15, 0.2) is 42.5 Å². The van der Waals surface area contributed by atoms with Crippen molar-refractivity contribution in [1.82, 2.24) is 4.90 Å². The molecular formula is C22H28N2O4. The maximum absolute atomic E-state index is 11.6. The van der Waals surface area contributed by atoms with Crippen molar-refractivity contribution in [2.24, 2.45) is 0 Å². The molecule has 0 aliphatic carbocycles. The van der Waals surface area contributed by atoms with Crippen molar-refractivity contribution >= 4 is 11.7 Å².